The van der Waals surface area contributed by atoms with Gasteiger partial charge in [-0.3, -0.25) is 4.98 Å². The summed E-state index contributed by atoms with van der Waals surface area (Å²) >= 11 is 3.48. The van der Waals surface area contributed by atoms with Crippen molar-refractivity contribution in [2.45, 2.75) is 17.7 Å². The average molecular weight is 369 g/mol. The van der Waals surface area contributed by atoms with Crippen LogP contribution in [0.5, 0.6) is 0 Å². The van der Waals surface area contributed by atoms with Gasteiger partial charge in [-0.25, -0.2) is 8.42 Å². The first-order valence-corrected chi connectivity index (χ1v) is 9.59. The maximum Gasteiger partial charge on any atom is 0.243 e. The maximum atomic E-state index is 12.9. The van der Waals surface area contributed by atoms with Crippen LogP contribution in [0, 0.1) is 5.92 Å². The highest BCUT2D eigenvalue weighted by Gasteiger charge is 2.30. The smallest absolute Gasteiger partial charge is 0.243 e. The molecule has 2 aromatic rings. The summed E-state index contributed by atoms with van der Waals surface area (Å²) in [6.45, 7) is 1.19. The van der Waals surface area contributed by atoms with E-state index in [1.807, 2.05) is 12.1 Å². The van der Waals surface area contributed by atoms with E-state index in [9.17, 15) is 8.42 Å². The molecule has 3 rings (SSSR count). The molecule has 0 aliphatic carbocycles. The van der Waals surface area contributed by atoms with Gasteiger partial charge in [-0.2, -0.15) is 4.31 Å². The van der Waals surface area contributed by atoms with Crippen molar-refractivity contribution in [3.63, 3.8) is 0 Å². The number of piperidine rings is 1. The predicted molar refractivity (Wildman–Crippen MR) is 87.0 cm³/mol. The Balaban J connectivity index is 1.98. The zero-order valence-electron chi connectivity index (χ0n) is 11.6. The fraction of sp³-hybridized carbons (Fsp3) is 0.400. The summed E-state index contributed by atoms with van der Waals surface area (Å²) in [5.74, 6) is 0.575. The van der Waals surface area contributed by atoms with Gasteiger partial charge in [0.25, 0.3) is 0 Å². The summed E-state index contributed by atoms with van der Waals surface area (Å²) in [6, 6.07) is 8.87. The number of benzene rings is 1. The van der Waals surface area contributed by atoms with E-state index in [1.54, 1.807) is 28.7 Å². The fourth-order valence-electron chi connectivity index (χ4n) is 2.74. The van der Waals surface area contributed by atoms with E-state index in [-0.39, 0.29) is 0 Å². The first-order valence-electron chi connectivity index (χ1n) is 7.03. The molecule has 0 bridgehead atoms. The Morgan fingerprint density at radius 2 is 1.95 bits per heavy atom. The minimum absolute atomic E-state index is 0.366. The Kier molecular flexibility index (Phi) is 4.28. The van der Waals surface area contributed by atoms with E-state index in [2.05, 4.69) is 20.9 Å². The highest BCUT2D eigenvalue weighted by molar-refractivity contribution is 9.09. The van der Waals surface area contributed by atoms with Gasteiger partial charge < -0.3 is 0 Å². The molecule has 1 aliphatic heterocycles. The molecule has 0 unspecified atom stereocenters. The number of alkyl halides is 1. The third-order valence-electron chi connectivity index (χ3n) is 4.02. The summed E-state index contributed by atoms with van der Waals surface area (Å²) in [5.41, 5.74) is 0.717. The van der Waals surface area contributed by atoms with E-state index < -0.39 is 10.0 Å². The second-order valence-corrected chi connectivity index (χ2v) is 7.88. The molecule has 0 spiro atoms. The second-order valence-electron chi connectivity index (χ2n) is 5.33. The Labute approximate surface area is 133 Å². The first-order chi connectivity index (χ1) is 10.1. The van der Waals surface area contributed by atoms with Crippen molar-refractivity contribution < 1.29 is 8.42 Å². The van der Waals surface area contributed by atoms with Gasteiger partial charge in [0.2, 0.25) is 10.0 Å². The van der Waals surface area contributed by atoms with Crippen LogP contribution in [-0.2, 0) is 10.0 Å². The number of pyridine rings is 1. The Hall–Kier alpha value is -0.980. The third kappa shape index (κ3) is 2.84. The standard InChI is InChI=1S/C15H17BrN2O2S/c16-11-12-6-9-18(10-7-12)21(19,20)15-5-1-4-14-13(15)3-2-8-17-14/h1-5,8,12H,6-7,9-11H2. The van der Waals surface area contributed by atoms with Crippen LogP contribution in [0.15, 0.2) is 41.4 Å². The molecule has 1 saturated heterocycles. The van der Waals surface area contributed by atoms with Crippen LogP contribution in [0.2, 0.25) is 0 Å². The van der Waals surface area contributed by atoms with Crippen molar-refractivity contribution in [2.75, 3.05) is 18.4 Å². The molecule has 1 aromatic heterocycles. The molecular weight excluding hydrogens is 352 g/mol. The highest BCUT2D eigenvalue weighted by Crippen LogP contribution is 2.28. The van der Waals surface area contributed by atoms with Crippen molar-refractivity contribution in [3.8, 4) is 0 Å². The van der Waals surface area contributed by atoms with Crippen molar-refractivity contribution in [1.82, 2.24) is 9.29 Å². The molecule has 0 amide bonds. The van der Waals surface area contributed by atoms with E-state index in [4.69, 9.17) is 0 Å². The van der Waals surface area contributed by atoms with E-state index in [0.29, 0.717) is 34.8 Å². The van der Waals surface area contributed by atoms with Gasteiger partial charge in [-0.1, -0.05) is 22.0 Å². The zero-order valence-corrected chi connectivity index (χ0v) is 14.0. The molecule has 0 atom stereocenters. The van der Waals surface area contributed by atoms with Gasteiger partial charge in [0.05, 0.1) is 10.4 Å². The molecule has 21 heavy (non-hydrogen) atoms. The van der Waals surface area contributed by atoms with Gasteiger partial charge in [-0.15, -0.1) is 0 Å². The van der Waals surface area contributed by atoms with Crippen LogP contribution in [-0.4, -0.2) is 36.1 Å². The molecule has 1 fully saturated rings. The number of nitrogens with zero attached hydrogens (tertiary/aromatic N) is 2. The second kappa shape index (κ2) is 6.02. The van der Waals surface area contributed by atoms with Gasteiger partial charge in [0.15, 0.2) is 0 Å². The Morgan fingerprint density at radius 1 is 1.19 bits per heavy atom. The van der Waals surface area contributed by atoms with E-state index in [1.165, 1.54) is 0 Å². The Morgan fingerprint density at radius 3 is 2.67 bits per heavy atom. The first kappa shape index (κ1) is 14.9. The summed E-state index contributed by atoms with van der Waals surface area (Å²) < 4.78 is 27.4. The van der Waals surface area contributed by atoms with Crippen molar-refractivity contribution in [3.05, 3.63) is 36.5 Å². The summed E-state index contributed by atoms with van der Waals surface area (Å²) in [6.07, 6.45) is 3.50. The molecule has 0 N–H and O–H groups in total. The quantitative estimate of drug-likeness (QED) is 0.782. The van der Waals surface area contributed by atoms with Gasteiger partial charge in [0.1, 0.15) is 0 Å². The molecule has 0 radical (unpaired) electrons. The Bertz CT molecular complexity index is 735. The van der Waals surface area contributed by atoms with Crippen LogP contribution in [0.4, 0.5) is 0 Å². The molecule has 0 saturated carbocycles. The average Bonchev–Trinajstić information content (AvgIpc) is 2.54. The molecule has 4 nitrogen and oxygen atoms in total. The lowest BCUT2D eigenvalue weighted by molar-refractivity contribution is 0.292. The van der Waals surface area contributed by atoms with Crippen molar-refractivity contribution in [1.29, 1.82) is 0 Å². The maximum absolute atomic E-state index is 12.9. The summed E-state index contributed by atoms with van der Waals surface area (Å²) in [4.78, 5) is 4.60. The molecule has 6 heteroatoms. The minimum atomic E-state index is -3.44. The number of hydrogen-bond acceptors (Lipinski definition) is 3. The topological polar surface area (TPSA) is 50.3 Å². The lowest BCUT2D eigenvalue weighted by Crippen LogP contribution is -2.38. The predicted octanol–water partition coefficient (Wildman–Crippen LogP) is 3.03. The summed E-state index contributed by atoms with van der Waals surface area (Å²) in [7, 11) is -3.44. The molecule has 1 aromatic carbocycles. The van der Waals surface area contributed by atoms with Crippen LogP contribution < -0.4 is 0 Å². The summed E-state index contributed by atoms with van der Waals surface area (Å²) in [5, 5.41) is 1.64. The van der Waals surface area contributed by atoms with Crippen LogP contribution in [0.1, 0.15) is 12.8 Å². The lowest BCUT2D eigenvalue weighted by atomic mass is 10.0. The number of halogens is 1. The molecule has 112 valence electrons. The highest BCUT2D eigenvalue weighted by atomic mass is 79.9. The van der Waals surface area contributed by atoms with E-state index >= 15 is 0 Å². The zero-order chi connectivity index (χ0) is 14.9. The normalized spacial score (nSPS) is 18.1. The van der Waals surface area contributed by atoms with Gasteiger partial charge in [0, 0.05) is 30.0 Å². The fourth-order valence-corrected chi connectivity index (χ4v) is 5.06. The monoisotopic (exact) mass is 368 g/mol. The van der Waals surface area contributed by atoms with Crippen molar-refractivity contribution in [2.24, 2.45) is 5.92 Å². The lowest BCUT2D eigenvalue weighted by Gasteiger charge is -2.30. The van der Waals surface area contributed by atoms with Gasteiger partial charge in [-0.05, 0) is 43.0 Å². The van der Waals surface area contributed by atoms with Crippen molar-refractivity contribution >= 4 is 36.9 Å². The van der Waals surface area contributed by atoms with Crippen LogP contribution >= 0.6 is 15.9 Å². The van der Waals surface area contributed by atoms with E-state index in [0.717, 1.165) is 18.2 Å². The number of hydrogen-bond donors (Lipinski definition) is 0. The molecular formula is C15H17BrN2O2S. The number of aromatic nitrogens is 1. The van der Waals surface area contributed by atoms with Gasteiger partial charge >= 0.3 is 0 Å². The molecule has 2 heterocycles. The largest absolute Gasteiger partial charge is 0.256 e. The van der Waals surface area contributed by atoms with Crippen LogP contribution in [0.25, 0.3) is 10.9 Å². The minimum Gasteiger partial charge on any atom is -0.256 e. The SMILES string of the molecule is O=S(=O)(c1cccc2ncccc12)N1CCC(CBr)CC1. The molecule has 1 aliphatic rings. The van der Waals surface area contributed by atoms with Crippen LogP contribution in [0.3, 0.4) is 0 Å². The number of sulfonamides is 1. The number of rotatable bonds is 3. The third-order valence-corrected chi connectivity index (χ3v) is 6.89. The number of fused-ring (bicyclic) bond motifs is 1.